The molecule has 0 saturated heterocycles. The Labute approximate surface area is 136 Å². The molecule has 0 N–H and O–H groups in total. The third-order valence-corrected chi connectivity index (χ3v) is 3.45. The predicted octanol–water partition coefficient (Wildman–Crippen LogP) is 4.24. The summed E-state index contributed by atoms with van der Waals surface area (Å²) in [6.07, 6.45) is 1.41. The summed E-state index contributed by atoms with van der Waals surface area (Å²) in [7, 11) is 0. The third kappa shape index (κ3) is 3.95. The molecule has 5 heteroatoms. The van der Waals surface area contributed by atoms with Gasteiger partial charge in [0.15, 0.2) is 5.78 Å². The van der Waals surface area contributed by atoms with Gasteiger partial charge in [0, 0.05) is 10.0 Å². The van der Waals surface area contributed by atoms with Gasteiger partial charge in [0.25, 0.3) is 0 Å². The lowest BCUT2D eigenvalue weighted by Gasteiger charge is -2.02. The molecule has 0 aliphatic rings. The molecule has 0 aliphatic carbocycles. The van der Waals surface area contributed by atoms with Crippen LogP contribution in [-0.2, 0) is 14.3 Å². The van der Waals surface area contributed by atoms with Crippen molar-refractivity contribution in [1.29, 1.82) is 0 Å². The van der Waals surface area contributed by atoms with Crippen LogP contribution in [0.25, 0.3) is 17.4 Å². The Kier molecular flexibility index (Phi) is 5.33. The molecular weight excluding hydrogens is 348 g/mol. The van der Waals surface area contributed by atoms with Crippen LogP contribution in [-0.4, -0.2) is 18.4 Å². The van der Waals surface area contributed by atoms with Crippen molar-refractivity contribution < 1.29 is 18.7 Å². The molecule has 1 heterocycles. The molecule has 2 aromatic rings. The van der Waals surface area contributed by atoms with Gasteiger partial charge in [0.1, 0.15) is 17.1 Å². The summed E-state index contributed by atoms with van der Waals surface area (Å²) in [4.78, 5) is 23.3. The first-order valence-electron chi connectivity index (χ1n) is 6.76. The molecule has 0 fully saturated rings. The Hall–Kier alpha value is -2.14. The van der Waals surface area contributed by atoms with Crippen molar-refractivity contribution in [3.05, 3.63) is 52.2 Å². The molecule has 0 atom stereocenters. The minimum atomic E-state index is -0.642. The molecule has 0 aliphatic heterocycles. The number of furan rings is 1. The van der Waals surface area contributed by atoms with Gasteiger partial charge in [-0.15, -0.1) is 0 Å². The maximum absolute atomic E-state index is 11.7. The van der Waals surface area contributed by atoms with Gasteiger partial charge >= 0.3 is 5.97 Å². The van der Waals surface area contributed by atoms with Crippen LogP contribution in [0.2, 0.25) is 0 Å². The third-order valence-electron chi connectivity index (χ3n) is 2.92. The Bertz CT molecular complexity index is 711. The quantitative estimate of drug-likeness (QED) is 0.345. The highest BCUT2D eigenvalue weighted by atomic mass is 79.9. The van der Waals surface area contributed by atoms with Crippen molar-refractivity contribution >= 4 is 33.8 Å². The number of ketones is 1. The normalized spacial score (nSPS) is 11.3. The Morgan fingerprint density at radius 1 is 1.18 bits per heavy atom. The fourth-order valence-corrected chi connectivity index (χ4v) is 2.12. The van der Waals surface area contributed by atoms with Crippen LogP contribution in [0.15, 0.2) is 50.9 Å². The van der Waals surface area contributed by atoms with E-state index in [0.29, 0.717) is 11.5 Å². The van der Waals surface area contributed by atoms with E-state index in [-0.39, 0.29) is 18.0 Å². The average Bonchev–Trinajstić information content (AvgIpc) is 2.94. The van der Waals surface area contributed by atoms with E-state index in [1.807, 2.05) is 24.3 Å². The summed E-state index contributed by atoms with van der Waals surface area (Å²) in [5.74, 6) is 0.0818. The van der Waals surface area contributed by atoms with Crippen molar-refractivity contribution in [2.45, 2.75) is 13.8 Å². The van der Waals surface area contributed by atoms with Crippen LogP contribution in [0.4, 0.5) is 0 Å². The smallest absolute Gasteiger partial charge is 0.341 e. The first kappa shape index (κ1) is 16.2. The van der Waals surface area contributed by atoms with E-state index in [9.17, 15) is 9.59 Å². The SMILES string of the molecule is CCOC(=O)C(=Cc1ccc(-c2ccc(Br)cc2)o1)C(C)=O. The van der Waals surface area contributed by atoms with Crippen LogP contribution >= 0.6 is 15.9 Å². The zero-order valence-corrected chi connectivity index (χ0v) is 13.8. The summed E-state index contributed by atoms with van der Waals surface area (Å²) >= 11 is 3.37. The van der Waals surface area contributed by atoms with Gasteiger partial charge in [-0.05, 0) is 44.2 Å². The number of ether oxygens (including phenoxy) is 1. The molecule has 0 amide bonds. The van der Waals surface area contributed by atoms with E-state index in [2.05, 4.69) is 15.9 Å². The Balaban J connectivity index is 2.29. The molecule has 114 valence electrons. The van der Waals surface area contributed by atoms with E-state index in [0.717, 1.165) is 10.0 Å². The van der Waals surface area contributed by atoms with Crippen molar-refractivity contribution in [2.75, 3.05) is 6.61 Å². The number of halogens is 1. The minimum Gasteiger partial charge on any atom is -0.462 e. The highest BCUT2D eigenvalue weighted by Gasteiger charge is 2.16. The highest BCUT2D eigenvalue weighted by molar-refractivity contribution is 9.10. The fourth-order valence-electron chi connectivity index (χ4n) is 1.86. The van der Waals surface area contributed by atoms with E-state index >= 15 is 0 Å². The molecular formula is C17H15BrO4. The molecule has 22 heavy (non-hydrogen) atoms. The number of benzene rings is 1. The lowest BCUT2D eigenvalue weighted by Crippen LogP contribution is -2.13. The van der Waals surface area contributed by atoms with E-state index < -0.39 is 5.97 Å². The first-order chi connectivity index (χ1) is 10.5. The summed E-state index contributed by atoms with van der Waals surface area (Å²) in [5.41, 5.74) is 0.877. The standard InChI is InChI=1S/C17H15BrO4/c1-3-21-17(20)15(11(2)19)10-14-8-9-16(22-14)12-4-6-13(18)7-5-12/h4-10H,3H2,1-2H3. The maximum Gasteiger partial charge on any atom is 0.341 e. The highest BCUT2D eigenvalue weighted by Crippen LogP contribution is 2.25. The van der Waals surface area contributed by atoms with E-state index in [1.165, 1.54) is 13.0 Å². The first-order valence-corrected chi connectivity index (χ1v) is 7.56. The molecule has 0 unspecified atom stereocenters. The van der Waals surface area contributed by atoms with Gasteiger partial charge in [0.2, 0.25) is 0 Å². The second-order valence-corrected chi connectivity index (χ2v) is 5.46. The van der Waals surface area contributed by atoms with Crippen molar-refractivity contribution in [3.63, 3.8) is 0 Å². The van der Waals surface area contributed by atoms with Crippen LogP contribution in [0.1, 0.15) is 19.6 Å². The molecule has 4 nitrogen and oxygen atoms in total. The van der Waals surface area contributed by atoms with Gasteiger partial charge in [-0.25, -0.2) is 4.79 Å². The molecule has 1 aromatic heterocycles. The van der Waals surface area contributed by atoms with Crippen molar-refractivity contribution in [3.8, 4) is 11.3 Å². The Morgan fingerprint density at radius 2 is 1.86 bits per heavy atom. The molecule has 1 aromatic carbocycles. The number of esters is 1. The van der Waals surface area contributed by atoms with E-state index in [4.69, 9.17) is 9.15 Å². The fraction of sp³-hybridized carbons (Fsp3) is 0.176. The lowest BCUT2D eigenvalue weighted by molar-refractivity contribution is -0.139. The van der Waals surface area contributed by atoms with Crippen LogP contribution in [0.5, 0.6) is 0 Å². The molecule has 0 spiro atoms. The molecule has 2 rings (SSSR count). The van der Waals surface area contributed by atoms with Crippen LogP contribution < -0.4 is 0 Å². The zero-order valence-electron chi connectivity index (χ0n) is 12.3. The summed E-state index contributed by atoms with van der Waals surface area (Å²) in [6.45, 7) is 3.22. The summed E-state index contributed by atoms with van der Waals surface area (Å²) in [5, 5.41) is 0. The second-order valence-electron chi connectivity index (χ2n) is 4.54. The average molecular weight is 363 g/mol. The van der Waals surface area contributed by atoms with Crippen molar-refractivity contribution in [2.24, 2.45) is 0 Å². The largest absolute Gasteiger partial charge is 0.462 e. The number of hydrogen-bond acceptors (Lipinski definition) is 4. The number of carbonyl (C=O) groups is 2. The number of carbonyl (C=O) groups excluding carboxylic acids is 2. The molecule has 0 radical (unpaired) electrons. The second kappa shape index (κ2) is 7.22. The van der Waals surface area contributed by atoms with Crippen LogP contribution in [0.3, 0.4) is 0 Å². The number of hydrogen-bond donors (Lipinski definition) is 0. The summed E-state index contributed by atoms with van der Waals surface area (Å²) < 4.78 is 11.5. The topological polar surface area (TPSA) is 56.5 Å². The van der Waals surface area contributed by atoms with Gasteiger partial charge in [0.05, 0.1) is 6.61 Å². The number of Topliss-reactive ketones (excluding diaryl/α,β-unsaturated/α-hetero) is 1. The van der Waals surface area contributed by atoms with Crippen LogP contribution in [0, 0.1) is 0 Å². The van der Waals surface area contributed by atoms with Gasteiger partial charge in [-0.2, -0.15) is 0 Å². The minimum absolute atomic E-state index is 0.0291. The Morgan fingerprint density at radius 3 is 2.45 bits per heavy atom. The number of rotatable bonds is 5. The zero-order chi connectivity index (χ0) is 16.1. The molecule has 0 bridgehead atoms. The maximum atomic E-state index is 11.7. The monoisotopic (exact) mass is 362 g/mol. The predicted molar refractivity (Wildman–Crippen MR) is 87.1 cm³/mol. The molecule has 0 saturated carbocycles. The van der Waals surface area contributed by atoms with Gasteiger partial charge < -0.3 is 9.15 Å². The van der Waals surface area contributed by atoms with Gasteiger partial charge in [-0.1, -0.05) is 28.1 Å². The van der Waals surface area contributed by atoms with Gasteiger partial charge in [-0.3, -0.25) is 4.79 Å². The summed E-state index contributed by atoms with van der Waals surface area (Å²) in [6, 6.07) is 11.1. The lowest BCUT2D eigenvalue weighted by atomic mass is 10.1. The van der Waals surface area contributed by atoms with E-state index in [1.54, 1.807) is 19.1 Å². The van der Waals surface area contributed by atoms with Crippen molar-refractivity contribution in [1.82, 2.24) is 0 Å².